The summed E-state index contributed by atoms with van der Waals surface area (Å²) in [7, 11) is 0. The third-order valence-corrected chi connectivity index (χ3v) is 5.15. The van der Waals surface area contributed by atoms with Gasteiger partial charge in [0.2, 0.25) is 11.9 Å². The smallest absolute Gasteiger partial charge is 0.323 e. The van der Waals surface area contributed by atoms with Crippen LogP contribution in [0.25, 0.3) is 0 Å². The fourth-order valence-electron chi connectivity index (χ4n) is 2.67. The van der Waals surface area contributed by atoms with Crippen LogP contribution in [0.4, 0.5) is 11.9 Å². The Balaban J connectivity index is 2.64. The van der Waals surface area contributed by atoms with E-state index in [1.165, 1.54) is 0 Å². The number of rotatable bonds is 19. The molecule has 0 radical (unpaired) electrons. The molecule has 1 aromatic heterocycles. The van der Waals surface area contributed by atoms with Gasteiger partial charge >= 0.3 is 12.0 Å². The first-order chi connectivity index (χ1) is 15.9. The maximum Gasteiger partial charge on any atom is 0.323 e. The molecule has 0 amide bonds. The first-order valence-corrected chi connectivity index (χ1v) is 12.0. The fraction of sp³-hybridized carbons (Fsp3) is 0.826. The van der Waals surface area contributed by atoms with Crippen LogP contribution >= 0.6 is 0 Å². The number of carboxylic acid groups (broad SMARTS) is 1. The van der Waals surface area contributed by atoms with Gasteiger partial charge in [-0.05, 0) is 52.9 Å². The molecule has 196 valence electrons. The molecule has 11 heteroatoms. The Hall–Kier alpha value is -2.24. The largest absolute Gasteiger partial charge is 0.481 e. The van der Waals surface area contributed by atoms with Gasteiger partial charge in [0.1, 0.15) is 6.61 Å². The number of hydrogen-bond acceptors (Lipinski definition) is 10. The van der Waals surface area contributed by atoms with Crippen LogP contribution in [-0.4, -0.2) is 77.7 Å². The van der Waals surface area contributed by atoms with E-state index in [0.29, 0.717) is 70.2 Å². The van der Waals surface area contributed by atoms with Gasteiger partial charge < -0.3 is 35.7 Å². The van der Waals surface area contributed by atoms with Gasteiger partial charge in [0.05, 0.1) is 24.2 Å². The average molecular weight is 485 g/mol. The van der Waals surface area contributed by atoms with E-state index in [9.17, 15) is 9.90 Å². The highest BCUT2D eigenvalue weighted by molar-refractivity contribution is 5.73. The van der Waals surface area contributed by atoms with Crippen molar-refractivity contribution in [1.29, 1.82) is 0 Å². The monoisotopic (exact) mass is 484 g/mol. The summed E-state index contributed by atoms with van der Waals surface area (Å²) in [4.78, 5) is 24.4. The molecule has 0 aliphatic carbocycles. The second kappa shape index (κ2) is 14.9. The van der Waals surface area contributed by atoms with Crippen molar-refractivity contribution < 1.29 is 24.1 Å². The number of carboxylic acids is 1. The molecule has 0 spiro atoms. The van der Waals surface area contributed by atoms with Crippen LogP contribution in [0.15, 0.2) is 0 Å². The van der Waals surface area contributed by atoms with E-state index in [0.717, 1.165) is 13.0 Å². The average Bonchev–Trinajstić information content (AvgIpc) is 2.72. The molecule has 0 aliphatic heterocycles. The maximum absolute atomic E-state index is 11.3. The summed E-state index contributed by atoms with van der Waals surface area (Å²) >= 11 is 0. The van der Waals surface area contributed by atoms with E-state index in [1.807, 2.05) is 13.8 Å². The lowest BCUT2D eigenvalue weighted by atomic mass is 9.90. The third-order valence-electron chi connectivity index (χ3n) is 5.15. The standard InChI is InChI=1S/C23H44N6O5/c1-17(2)7-11-25-19-27-20(29-21(28-19)33-16-15-32-14-10-24)26-12-8-23(5,6)34-13-9-22(3,4)18(30)31/h17H,7-16,24H2,1-6H3,(H,30,31)(H2,25,26,27,28,29). The number of aromatic nitrogens is 3. The molecule has 11 nitrogen and oxygen atoms in total. The molecule has 0 fully saturated rings. The summed E-state index contributed by atoms with van der Waals surface area (Å²) in [5.74, 6) is 0.586. The van der Waals surface area contributed by atoms with Gasteiger partial charge in [-0.3, -0.25) is 4.79 Å². The second-order valence-electron chi connectivity index (χ2n) is 9.85. The highest BCUT2D eigenvalue weighted by atomic mass is 16.5. The highest BCUT2D eigenvalue weighted by Crippen LogP contribution is 2.23. The van der Waals surface area contributed by atoms with Gasteiger partial charge in [0, 0.05) is 26.2 Å². The Morgan fingerprint density at radius 1 is 0.971 bits per heavy atom. The van der Waals surface area contributed by atoms with E-state index in [-0.39, 0.29) is 6.01 Å². The van der Waals surface area contributed by atoms with E-state index in [1.54, 1.807) is 13.8 Å². The molecule has 0 aromatic carbocycles. The number of aliphatic carboxylic acids is 1. The van der Waals surface area contributed by atoms with Crippen molar-refractivity contribution >= 4 is 17.9 Å². The van der Waals surface area contributed by atoms with E-state index in [2.05, 4.69) is 39.4 Å². The van der Waals surface area contributed by atoms with Crippen LogP contribution < -0.4 is 21.1 Å². The van der Waals surface area contributed by atoms with Crippen molar-refractivity contribution in [3.63, 3.8) is 0 Å². The number of anilines is 2. The van der Waals surface area contributed by atoms with Gasteiger partial charge in [-0.1, -0.05) is 13.8 Å². The molecule has 0 aliphatic rings. The number of hydrogen-bond donors (Lipinski definition) is 4. The third kappa shape index (κ3) is 12.9. The lowest BCUT2D eigenvalue weighted by Crippen LogP contribution is -2.31. The molecule has 0 unspecified atom stereocenters. The van der Waals surface area contributed by atoms with E-state index in [4.69, 9.17) is 19.9 Å². The molecular weight excluding hydrogens is 440 g/mol. The normalized spacial score (nSPS) is 12.1. The lowest BCUT2D eigenvalue weighted by Gasteiger charge is -2.27. The molecule has 0 bridgehead atoms. The Morgan fingerprint density at radius 3 is 2.21 bits per heavy atom. The van der Waals surface area contributed by atoms with Gasteiger partial charge in [0.25, 0.3) is 0 Å². The van der Waals surface area contributed by atoms with Crippen LogP contribution in [0.5, 0.6) is 6.01 Å². The summed E-state index contributed by atoms with van der Waals surface area (Å²) in [6.45, 7) is 15.0. The van der Waals surface area contributed by atoms with Crippen molar-refractivity contribution in [3.05, 3.63) is 0 Å². The second-order valence-corrected chi connectivity index (χ2v) is 9.85. The highest BCUT2D eigenvalue weighted by Gasteiger charge is 2.28. The zero-order valence-electron chi connectivity index (χ0n) is 21.6. The Kier molecular flexibility index (Phi) is 13.1. The molecule has 1 aromatic rings. The summed E-state index contributed by atoms with van der Waals surface area (Å²) in [6.07, 6.45) is 2.10. The van der Waals surface area contributed by atoms with Gasteiger partial charge in [0.15, 0.2) is 0 Å². The summed E-state index contributed by atoms with van der Waals surface area (Å²) in [5, 5.41) is 15.7. The Morgan fingerprint density at radius 2 is 1.62 bits per heavy atom. The van der Waals surface area contributed by atoms with Crippen molar-refractivity contribution in [2.45, 2.75) is 66.4 Å². The summed E-state index contributed by atoms with van der Waals surface area (Å²) in [5.41, 5.74) is 4.16. The molecule has 5 N–H and O–H groups in total. The van der Waals surface area contributed by atoms with Crippen molar-refractivity contribution in [2.24, 2.45) is 17.1 Å². The van der Waals surface area contributed by atoms with E-state index >= 15 is 0 Å². The summed E-state index contributed by atoms with van der Waals surface area (Å²) in [6, 6.07) is 0.215. The molecule has 34 heavy (non-hydrogen) atoms. The topological polar surface area (TPSA) is 154 Å². The quantitative estimate of drug-likeness (QED) is 0.214. The number of nitrogens with one attached hydrogen (secondary N) is 2. The lowest BCUT2D eigenvalue weighted by molar-refractivity contribution is -0.148. The minimum Gasteiger partial charge on any atom is -0.481 e. The van der Waals surface area contributed by atoms with Gasteiger partial charge in [-0.25, -0.2) is 0 Å². The molecule has 1 heterocycles. The van der Waals surface area contributed by atoms with Crippen molar-refractivity contribution in [1.82, 2.24) is 15.0 Å². The number of nitrogens with zero attached hydrogens (tertiary/aromatic N) is 3. The van der Waals surface area contributed by atoms with Crippen LogP contribution in [0.3, 0.4) is 0 Å². The number of ether oxygens (including phenoxy) is 3. The number of nitrogens with two attached hydrogens (primary N) is 1. The molecule has 0 saturated heterocycles. The Labute approximate surface area is 203 Å². The van der Waals surface area contributed by atoms with Crippen LogP contribution in [0, 0.1) is 11.3 Å². The molecule has 0 saturated carbocycles. The minimum atomic E-state index is -0.827. The Bertz CT molecular complexity index is 730. The molecule has 1 rings (SSSR count). The van der Waals surface area contributed by atoms with Crippen LogP contribution in [0.2, 0.25) is 0 Å². The zero-order chi connectivity index (χ0) is 25.6. The van der Waals surface area contributed by atoms with E-state index < -0.39 is 17.0 Å². The predicted octanol–water partition coefficient (Wildman–Crippen LogP) is 2.78. The number of carbonyl (C=O) groups is 1. The van der Waals surface area contributed by atoms with Crippen molar-refractivity contribution in [3.8, 4) is 6.01 Å². The SMILES string of the molecule is CC(C)CCNc1nc(NCCC(C)(C)OCCC(C)(C)C(=O)O)nc(OCCOCCN)n1. The van der Waals surface area contributed by atoms with Crippen LogP contribution in [-0.2, 0) is 14.3 Å². The van der Waals surface area contributed by atoms with Gasteiger partial charge in [-0.15, -0.1) is 0 Å². The van der Waals surface area contributed by atoms with Crippen molar-refractivity contribution in [2.75, 3.05) is 56.7 Å². The fourth-order valence-corrected chi connectivity index (χ4v) is 2.67. The molecular formula is C23H44N6O5. The minimum absolute atomic E-state index is 0.215. The van der Waals surface area contributed by atoms with Crippen LogP contribution in [0.1, 0.15) is 60.8 Å². The maximum atomic E-state index is 11.3. The first kappa shape index (κ1) is 29.8. The predicted molar refractivity (Wildman–Crippen MR) is 132 cm³/mol. The van der Waals surface area contributed by atoms with Gasteiger partial charge in [-0.2, -0.15) is 15.0 Å². The first-order valence-electron chi connectivity index (χ1n) is 12.0. The molecule has 0 atom stereocenters. The zero-order valence-corrected chi connectivity index (χ0v) is 21.6. The summed E-state index contributed by atoms with van der Waals surface area (Å²) < 4.78 is 16.9.